The van der Waals surface area contributed by atoms with Gasteiger partial charge in [0.25, 0.3) is 0 Å². The van der Waals surface area contributed by atoms with E-state index in [0.717, 1.165) is 82.9 Å². The Kier molecular flexibility index (Phi) is 6.48. The number of ether oxygens (including phenoxy) is 2. The number of morpholine rings is 2. The molecule has 0 bridgehead atoms. The standard InChI is InChI=1S/C19H27N7O2/c1-2-4-17(26-9-13-28-14-10-26)16(3-1)22-19-23-18(15-21-24-19)20-5-6-25-7-11-27-12-8-25/h1-4,15H,5-14H2,(H2,20,22,23,24). The first-order chi connectivity index (χ1) is 13.9. The van der Waals surface area contributed by atoms with E-state index in [1.807, 2.05) is 18.2 Å². The molecule has 2 aliphatic heterocycles. The second-order valence-electron chi connectivity index (χ2n) is 6.79. The zero-order valence-corrected chi connectivity index (χ0v) is 16.0. The summed E-state index contributed by atoms with van der Waals surface area (Å²) in [5, 5.41) is 14.9. The van der Waals surface area contributed by atoms with E-state index >= 15 is 0 Å². The van der Waals surface area contributed by atoms with Crippen molar-refractivity contribution in [1.29, 1.82) is 0 Å². The summed E-state index contributed by atoms with van der Waals surface area (Å²) in [6, 6.07) is 8.18. The van der Waals surface area contributed by atoms with Crippen LogP contribution in [0.25, 0.3) is 0 Å². The van der Waals surface area contributed by atoms with Gasteiger partial charge in [0.2, 0.25) is 5.95 Å². The van der Waals surface area contributed by atoms with Crippen LogP contribution in [0.1, 0.15) is 0 Å². The maximum atomic E-state index is 5.46. The Labute approximate surface area is 165 Å². The first kappa shape index (κ1) is 18.9. The van der Waals surface area contributed by atoms with Gasteiger partial charge in [-0.3, -0.25) is 4.90 Å². The van der Waals surface area contributed by atoms with E-state index < -0.39 is 0 Å². The highest BCUT2D eigenvalue weighted by Crippen LogP contribution is 2.28. The molecule has 0 atom stereocenters. The van der Waals surface area contributed by atoms with Gasteiger partial charge in [-0.2, -0.15) is 10.1 Å². The fourth-order valence-electron chi connectivity index (χ4n) is 3.39. The van der Waals surface area contributed by atoms with E-state index in [-0.39, 0.29) is 0 Å². The number of para-hydroxylation sites is 2. The van der Waals surface area contributed by atoms with Gasteiger partial charge >= 0.3 is 0 Å². The van der Waals surface area contributed by atoms with Gasteiger partial charge in [-0.15, -0.1) is 5.10 Å². The van der Waals surface area contributed by atoms with Crippen LogP contribution in [0.3, 0.4) is 0 Å². The van der Waals surface area contributed by atoms with Crippen LogP contribution in [0, 0.1) is 0 Å². The number of nitrogens with one attached hydrogen (secondary N) is 2. The monoisotopic (exact) mass is 385 g/mol. The highest BCUT2D eigenvalue weighted by atomic mass is 16.5. The molecule has 2 fully saturated rings. The quantitative estimate of drug-likeness (QED) is 0.730. The van der Waals surface area contributed by atoms with Gasteiger partial charge in [-0.1, -0.05) is 12.1 Å². The molecule has 1 aromatic heterocycles. The SMILES string of the molecule is c1ccc(N2CCOCC2)c(Nc2nncc(NCCN3CCOCC3)n2)c1. The molecule has 9 heteroatoms. The Bertz CT molecular complexity index is 749. The molecule has 0 spiro atoms. The molecule has 2 aromatic rings. The number of hydrogen-bond acceptors (Lipinski definition) is 9. The summed E-state index contributed by atoms with van der Waals surface area (Å²) in [7, 11) is 0. The maximum Gasteiger partial charge on any atom is 0.249 e. The smallest absolute Gasteiger partial charge is 0.249 e. The summed E-state index contributed by atoms with van der Waals surface area (Å²) in [4.78, 5) is 9.24. The molecule has 0 aliphatic carbocycles. The first-order valence-corrected chi connectivity index (χ1v) is 9.81. The average Bonchev–Trinajstić information content (AvgIpc) is 2.76. The van der Waals surface area contributed by atoms with E-state index in [0.29, 0.717) is 5.95 Å². The van der Waals surface area contributed by atoms with Crippen LogP contribution in [0.4, 0.5) is 23.1 Å². The summed E-state index contributed by atoms with van der Waals surface area (Å²) in [5.74, 6) is 1.20. The van der Waals surface area contributed by atoms with Gasteiger partial charge in [-0.25, -0.2) is 0 Å². The van der Waals surface area contributed by atoms with E-state index in [1.165, 1.54) is 0 Å². The van der Waals surface area contributed by atoms with Gasteiger partial charge in [-0.05, 0) is 12.1 Å². The molecule has 0 unspecified atom stereocenters. The van der Waals surface area contributed by atoms with Crippen LogP contribution in [0.15, 0.2) is 30.5 Å². The summed E-state index contributed by atoms with van der Waals surface area (Å²) < 4.78 is 10.8. The molecule has 1 aromatic carbocycles. The van der Waals surface area contributed by atoms with Crippen molar-refractivity contribution in [3.63, 3.8) is 0 Å². The Morgan fingerprint density at radius 3 is 2.54 bits per heavy atom. The van der Waals surface area contributed by atoms with Gasteiger partial charge in [0.05, 0.1) is 44.0 Å². The van der Waals surface area contributed by atoms with Crippen LogP contribution in [-0.2, 0) is 9.47 Å². The Morgan fingerprint density at radius 2 is 1.71 bits per heavy atom. The van der Waals surface area contributed by atoms with Crippen molar-refractivity contribution < 1.29 is 9.47 Å². The molecule has 9 nitrogen and oxygen atoms in total. The lowest BCUT2D eigenvalue weighted by atomic mass is 10.2. The molecular formula is C19H27N7O2. The predicted octanol–water partition coefficient (Wildman–Crippen LogP) is 1.20. The molecule has 150 valence electrons. The predicted molar refractivity (Wildman–Crippen MR) is 108 cm³/mol. The molecule has 3 heterocycles. The van der Waals surface area contributed by atoms with Crippen LogP contribution in [0.2, 0.25) is 0 Å². The third-order valence-electron chi connectivity index (χ3n) is 4.90. The van der Waals surface area contributed by atoms with Gasteiger partial charge in [0.15, 0.2) is 5.82 Å². The van der Waals surface area contributed by atoms with Crippen molar-refractivity contribution in [2.75, 3.05) is 81.2 Å². The van der Waals surface area contributed by atoms with E-state index in [4.69, 9.17) is 9.47 Å². The van der Waals surface area contributed by atoms with E-state index in [9.17, 15) is 0 Å². The second-order valence-corrected chi connectivity index (χ2v) is 6.79. The lowest BCUT2D eigenvalue weighted by Crippen LogP contribution is -2.39. The van der Waals surface area contributed by atoms with E-state index in [2.05, 4.69) is 41.7 Å². The minimum absolute atomic E-state index is 0.483. The van der Waals surface area contributed by atoms with Crippen molar-refractivity contribution in [3.05, 3.63) is 30.5 Å². The average molecular weight is 385 g/mol. The third-order valence-corrected chi connectivity index (χ3v) is 4.90. The van der Waals surface area contributed by atoms with Gasteiger partial charge in [0.1, 0.15) is 0 Å². The van der Waals surface area contributed by atoms with Crippen LogP contribution >= 0.6 is 0 Å². The highest BCUT2D eigenvalue weighted by Gasteiger charge is 2.15. The zero-order valence-electron chi connectivity index (χ0n) is 16.0. The maximum absolute atomic E-state index is 5.46. The molecule has 28 heavy (non-hydrogen) atoms. The van der Waals surface area contributed by atoms with Crippen LogP contribution in [-0.4, -0.2) is 85.8 Å². The Hall–Kier alpha value is -2.49. The largest absolute Gasteiger partial charge is 0.379 e. The number of nitrogens with zero attached hydrogens (tertiary/aromatic N) is 5. The first-order valence-electron chi connectivity index (χ1n) is 9.81. The van der Waals surface area contributed by atoms with Crippen molar-refractivity contribution in [2.24, 2.45) is 0 Å². The van der Waals surface area contributed by atoms with E-state index in [1.54, 1.807) is 6.20 Å². The number of hydrogen-bond donors (Lipinski definition) is 2. The topological polar surface area (TPSA) is 87.7 Å². The molecule has 2 aliphatic rings. The minimum atomic E-state index is 0.483. The summed E-state index contributed by atoms with van der Waals surface area (Å²) >= 11 is 0. The summed E-state index contributed by atoms with van der Waals surface area (Å²) in [6.07, 6.45) is 1.65. The van der Waals surface area contributed by atoms with Crippen molar-refractivity contribution in [2.45, 2.75) is 0 Å². The van der Waals surface area contributed by atoms with Crippen molar-refractivity contribution in [1.82, 2.24) is 20.1 Å². The summed E-state index contributed by atoms with van der Waals surface area (Å²) in [6.45, 7) is 8.59. The number of rotatable bonds is 7. The highest BCUT2D eigenvalue weighted by molar-refractivity contribution is 5.73. The molecule has 4 rings (SSSR count). The molecule has 0 amide bonds. The fourth-order valence-corrected chi connectivity index (χ4v) is 3.39. The number of anilines is 4. The lowest BCUT2D eigenvalue weighted by molar-refractivity contribution is 0.0398. The molecular weight excluding hydrogens is 358 g/mol. The van der Waals surface area contributed by atoms with Crippen molar-refractivity contribution >= 4 is 23.1 Å². The molecule has 2 N–H and O–H groups in total. The Balaban J connectivity index is 1.37. The zero-order chi connectivity index (χ0) is 19.0. The Morgan fingerprint density at radius 1 is 0.964 bits per heavy atom. The second kappa shape index (κ2) is 9.63. The summed E-state index contributed by atoms with van der Waals surface area (Å²) in [5.41, 5.74) is 2.09. The molecule has 0 saturated carbocycles. The number of aromatic nitrogens is 3. The van der Waals surface area contributed by atoms with Gasteiger partial charge in [0, 0.05) is 39.3 Å². The lowest BCUT2D eigenvalue weighted by Gasteiger charge is -2.30. The van der Waals surface area contributed by atoms with Crippen LogP contribution < -0.4 is 15.5 Å². The third kappa shape index (κ3) is 5.06. The normalized spacial score (nSPS) is 18.1. The minimum Gasteiger partial charge on any atom is -0.379 e. The fraction of sp³-hybridized carbons (Fsp3) is 0.526. The molecule has 0 radical (unpaired) electrons. The van der Waals surface area contributed by atoms with Crippen LogP contribution in [0.5, 0.6) is 0 Å². The van der Waals surface area contributed by atoms with Gasteiger partial charge < -0.3 is 25.0 Å². The molecule has 2 saturated heterocycles. The van der Waals surface area contributed by atoms with Crippen molar-refractivity contribution in [3.8, 4) is 0 Å². The number of benzene rings is 1.